The highest BCUT2D eigenvalue weighted by atomic mass is 16.4. The SMILES string of the molecule is CC(C)[C@@]12CC[C@H](O)[C@@H](CCC(O)C3CCCCC3)[C@@H]1CC2=CCCC(=O)O. The van der Waals surface area contributed by atoms with Crippen molar-refractivity contribution in [1.82, 2.24) is 0 Å². The van der Waals surface area contributed by atoms with Crippen LogP contribution in [-0.4, -0.2) is 33.5 Å². The molecular weight excluding hydrogens is 352 g/mol. The van der Waals surface area contributed by atoms with Gasteiger partial charge in [0.15, 0.2) is 0 Å². The lowest BCUT2D eigenvalue weighted by Gasteiger charge is -2.62. The van der Waals surface area contributed by atoms with Gasteiger partial charge in [-0.3, -0.25) is 4.79 Å². The molecule has 3 saturated carbocycles. The number of fused-ring (bicyclic) bond motifs is 1. The number of hydrogen-bond donors (Lipinski definition) is 3. The van der Waals surface area contributed by atoms with E-state index >= 15 is 0 Å². The van der Waals surface area contributed by atoms with Gasteiger partial charge in [-0.1, -0.05) is 44.8 Å². The zero-order valence-corrected chi connectivity index (χ0v) is 17.8. The lowest BCUT2D eigenvalue weighted by Crippen LogP contribution is -2.56. The molecule has 4 nitrogen and oxygen atoms in total. The van der Waals surface area contributed by atoms with E-state index in [9.17, 15) is 15.0 Å². The minimum Gasteiger partial charge on any atom is -0.481 e. The van der Waals surface area contributed by atoms with Crippen LogP contribution in [0.5, 0.6) is 0 Å². The maximum atomic E-state index is 10.9. The zero-order chi connectivity index (χ0) is 20.3. The normalized spacial score (nSPS) is 36.2. The van der Waals surface area contributed by atoms with Crippen molar-refractivity contribution in [3.63, 3.8) is 0 Å². The van der Waals surface area contributed by atoms with Crippen molar-refractivity contribution in [3.8, 4) is 0 Å². The average molecular weight is 393 g/mol. The van der Waals surface area contributed by atoms with Crippen LogP contribution in [0.1, 0.15) is 90.9 Å². The fourth-order valence-electron chi connectivity index (χ4n) is 6.71. The molecule has 4 heteroatoms. The summed E-state index contributed by atoms with van der Waals surface area (Å²) in [6.45, 7) is 4.56. The van der Waals surface area contributed by atoms with Gasteiger partial charge in [-0.25, -0.2) is 0 Å². The lowest BCUT2D eigenvalue weighted by atomic mass is 9.43. The monoisotopic (exact) mass is 392 g/mol. The molecule has 3 aliphatic rings. The van der Waals surface area contributed by atoms with E-state index in [0.717, 1.165) is 44.9 Å². The van der Waals surface area contributed by atoms with Gasteiger partial charge in [0.05, 0.1) is 12.2 Å². The van der Waals surface area contributed by atoms with Gasteiger partial charge in [0.1, 0.15) is 0 Å². The van der Waals surface area contributed by atoms with Gasteiger partial charge in [-0.05, 0) is 80.5 Å². The van der Waals surface area contributed by atoms with Crippen LogP contribution >= 0.6 is 0 Å². The molecule has 0 bridgehead atoms. The molecule has 3 rings (SSSR count). The summed E-state index contributed by atoms with van der Waals surface area (Å²) in [5.41, 5.74) is 1.57. The molecule has 3 N–H and O–H groups in total. The van der Waals surface area contributed by atoms with Crippen molar-refractivity contribution in [1.29, 1.82) is 0 Å². The maximum Gasteiger partial charge on any atom is 0.303 e. The summed E-state index contributed by atoms with van der Waals surface area (Å²) in [7, 11) is 0. The minimum atomic E-state index is -0.736. The largest absolute Gasteiger partial charge is 0.481 e. The number of aliphatic hydroxyl groups is 2. The summed E-state index contributed by atoms with van der Waals surface area (Å²) in [4.78, 5) is 10.9. The third kappa shape index (κ3) is 4.33. The molecule has 0 amide bonds. The Hall–Kier alpha value is -0.870. The van der Waals surface area contributed by atoms with Crippen molar-refractivity contribution in [2.24, 2.45) is 29.1 Å². The fourth-order valence-corrected chi connectivity index (χ4v) is 6.71. The summed E-state index contributed by atoms with van der Waals surface area (Å²) in [5.74, 6) is 0.967. The van der Waals surface area contributed by atoms with Crippen molar-refractivity contribution >= 4 is 5.97 Å². The molecule has 3 fully saturated rings. The Bertz CT molecular complexity index is 563. The van der Waals surface area contributed by atoms with Gasteiger partial charge in [0.25, 0.3) is 0 Å². The number of rotatable bonds is 8. The Kier molecular flexibility index (Phi) is 7.25. The first-order valence-electron chi connectivity index (χ1n) is 11.6. The summed E-state index contributed by atoms with van der Waals surface area (Å²) in [6, 6.07) is 0. The smallest absolute Gasteiger partial charge is 0.303 e. The van der Waals surface area contributed by atoms with E-state index in [1.165, 1.54) is 24.8 Å². The molecule has 1 unspecified atom stereocenters. The maximum absolute atomic E-state index is 10.9. The van der Waals surface area contributed by atoms with E-state index in [-0.39, 0.29) is 30.0 Å². The number of carboxylic acids is 1. The second kappa shape index (κ2) is 9.30. The van der Waals surface area contributed by atoms with Crippen LogP contribution in [0.15, 0.2) is 11.6 Å². The quantitative estimate of drug-likeness (QED) is 0.512. The van der Waals surface area contributed by atoms with E-state index in [1.807, 2.05) is 0 Å². The zero-order valence-electron chi connectivity index (χ0n) is 17.8. The van der Waals surface area contributed by atoms with E-state index in [0.29, 0.717) is 24.2 Å². The van der Waals surface area contributed by atoms with Crippen LogP contribution in [0.2, 0.25) is 0 Å². The van der Waals surface area contributed by atoms with Gasteiger partial charge in [-0.2, -0.15) is 0 Å². The molecule has 0 saturated heterocycles. The Balaban J connectivity index is 1.64. The number of carboxylic acid groups (broad SMARTS) is 1. The number of aliphatic carboxylic acids is 1. The van der Waals surface area contributed by atoms with Crippen LogP contribution in [0.25, 0.3) is 0 Å². The van der Waals surface area contributed by atoms with Crippen molar-refractivity contribution in [2.45, 2.75) is 103 Å². The molecule has 0 heterocycles. The Morgan fingerprint density at radius 2 is 1.93 bits per heavy atom. The summed E-state index contributed by atoms with van der Waals surface area (Å²) < 4.78 is 0. The molecule has 0 spiro atoms. The summed E-state index contributed by atoms with van der Waals surface area (Å²) in [6.07, 6.45) is 13.2. The minimum absolute atomic E-state index is 0.137. The molecule has 0 radical (unpaired) electrons. The molecule has 28 heavy (non-hydrogen) atoms. The van der Waals surface area contributed by atoms with Gasteiger partial charge < -0.3 is 15.3 Å². The van der Waals surface area contributed by atoms with Crippen molar-refractivity contribution in [3.05, 3.63) is 11.6 Å². The highest BCUT2D eigenvalue weighted by Crippen LogP contribution is 2.65. The van der Waals surface area contributed by atoms with Gasteiger partial charge >= 0.3 is 5.97 Å². The molecule has 0 aromatic rings. The van der Waals surface area contributed by atoms with E-state index in [4.69, 9.17) is 5.11 Å². The first kappa shape index (κ1) is 21.8. The Morgan fingerprint density at radius 3 is 2.57 bits per heavy atom. The second-order valence-electron chi connectivity index (χ2n) is 9.98. The summed E-state index contributed by atoms with van der Waals surface area (Å²) >= 11 is 0. The molecule has 5 atom stereocenters. The Labute approximate surface area is 170 Å². The predicted octanol–water partition coefficient (Wildman–Crippen LogP) is 4.93. The van der Waals surface area contributed by atoms with Crippen molar-refractivity contribution < 1.29 is 20.1 Å². The van der Waals surface area contributed by atoms with Crippen LogP contribution in [-0.2, 0) is 4.79 Å². The van der Waals surface area contributed by atoms with E-state index in [2.05, 4.69) is 19.9 Å². The first-order valence-corrected chi connectivity index (χ1v) is 11.6. The third-order valence-corrected chi connectivity index (χ3v) is 8.33. The van der Waals surface area contributed by atoms with Gasteiger partial charge in [0, 0.05) is 6.42 Å². The average Bonchev–Trinajstić information content (AvgIpc) is 2.65. The highest BCUT2D eigenvalue weighted by Gasteiger charge is 2.58. The molecule has 0 aromatic carbocycles. The van der Waals surface area contributed by atoms with Gasteiger partial charge in [-0.15, -0.1) is 0 Å². The van der Waals surface area contributed by atoms with Crippen LogP contribution in [0, 0.1) is 29.1 Å². The number of hydrogen-bond acceptors (Lipinski definition) is 3. The van der Waals surface area contributed by atoms with E-state index in [1.54, 1.807) is 0 Å². The molecule has 0 aliphatic heterocycles. The highest BCUT2D eigenvalue weighted by molar-refractivity contribution is 5.66. The standard InChI is InChI=1S/C24H40O4/c1-16(2)24-14-13-22(26)19(11-12-21(25)17-7-4-3-5-8-17)20(24)15-18(24)9-6-10-23(27)28/h9,16-17,19-22,25-26H,3-8,10-15H2,1-2H3,(H,27,28)/t19-,20-,21?,22-,24+/m0/s1. The molecule has 3 aliphatic carbocycles. The fraction of sp³-hybridized carbons (Fsp3) is 0.875. The molecule has 0 aromatic heterocycles. The molecule has 160 valence electrons. The summed E-state index contributed by atoms with van der Waals surface area (Å²) in [5, 5.41) is 30.4. The van der Waals surface area contributed by atoms with E-state index < -0.39 is 5.97 Å². The predicted molar refractivity (Wildman–Crippen MR) is 111 cm³/mol. The van der Waals surface area contributed by atoms with Gasteiger partial charge in [0.2, 0.25) is 0 Å². The number of aliphatic hydroxyl groups excluding tert-OH is 2. The third-order valence-electron chi connectivity index (χ3n) is 8.33. The van der Waals surface area contributed by atoms with Crippen LogP contribution < -0.4 is 0 Å². The lowest BCUT2D eigenvalue weighted by molar-refractivity contribution is -0.136. The molecular formula is C24H40O4. The Morgan fingerprint density at radius 1 is 1.21 bits per heavy atom. The topological polar surface area (TPSA) is 77.8 Å². The number of carbonyl (C=O) groups is 1. The van der Waals surface area contributed by atoms with Crippen LogP contribution in [0.4, 0.5) is 0 Å². The van der Waals surface area contributed by atoms with Crippen molar-refractivity contribution in [2.75, 3.05) is 0 Å². The second-order valence-corrected chi connectivity index (χ2v) is 9.98. The van der Waals surface area contributed by atoms with Crippen LogP contribution in [0.3, 0.4) is 0 Å². The first-order chi connectivity index (χ1) is 13.4. The number of allylic oxidation sites excluding steroid dienone is 2.